The highest BCUT2D eigenvalue weighted by molar-refractivity contribution is 5.70. The van der Waals surface area contributed by atoms with Crippen molar-refractivity contribution in [3.63, 3.8) is 0 Å². The fraction of sp³-hybridized carbons (Fsp3) is 0.941. The Bertz CT molecular complexity index is 543. The van der Waals surface area contributed by atoms with E-state index in [1.165, 1.54) is 0 Å². The number of rotatable bonds is 8. The molecule has 0 unspecified atom stereocenters. The van der Waals surface area contributed by atoms with E-state index in [-0.39, 0.29) is 12.3 Å². The highest BCUT2D eigenvalue weighted by atomic mass is 16.8. The van der Waals surface area contributed by atoms with Crippen LogP contribution in [0.2, 0.25) is 0 Å². The van der Waals surface area contributed by atoms with Gasteiger partial charge in [0.25, 0.3) is 5.79 Å². The largest absolute Gasteiger partial charge is 0.427 e. The van der Waals surface area contributed by atoms with Crippen molar-refractivity contribution in [2.24, 2.45) is 5.92 Å². The van der Waals surface area contributed by atoms with E-state index in [9.17, 15) is 40.5 Å². The van der Waals surface area contributed by atoms with E-state index in [0.717, 1.165) is 0 Å². The highest BCUT2D eigenvalue weighted by Crippen LogP contribution is 2.34. The third-order valence-electron chi connectivity index (χ3n) is 4.86. The summed E-state index contributed by atoms with van der Waals surface area (Å²) in [4.78, 5) is 12.0. The molecule has 2 aliphatic rings. The lowest BCUT2D eigenvalue weighted by atomic mass is 9.99. The maximum atomic E-state index is 12.0. The molecule has 2 aliphatic heterocycles. The predicted molar refractivity (Wildman–Crippen MR) is 92.0 cm³/mol. The molecule has 29 heavy (non-hydrogen) atoms. The molecule has 2 heterocycles. The summed E-state index contributed by atoms with van der Waals surface area (Å²) >= 11 is 0. The second kappa shape index (κ2) is 9.92. The molecular formula is C17H30O12. The fourth-order valence-electron chi connectivity index (χ4n) is 3.20. The second-order valence-electron chi connectivity index (χ2n) is 7.66. The van der Waals surface area contributed by atoms with Gasteiger partial charge in [0.1, 0.15) is 43.2 Å². The highest BCUT2D eigenvalue weighted by Gasteiger charge is 2.57. The van der Waals surface area contributed by atoms with Crippen LogP contribution in [0.25, 0.3) is 0 Å². The van der Waals surface area contributed by atoms with Gasteiger partial charge in [0.2, 0.25) is 0 Å². The SMILES string of the molecule is CC(C)CC(=O)O[C@]1(CO)O[C@H](CO[C@H]2O[C@H](CO)[C@@H](O)[C@H](O)[C@H]2O)[C@@H](O)[C@@H]1O. The Morgan fingerprint density at radius 1 is 1.00 bits per heavy atom. The molecule has 2 saturated heterocycles. The molecule has 0 aromatic carbocycles. The van der Waals surface area contributed by atoms with Gasteiger partial charge in [0.05, 0.1) is 13.2 Å². The molecule has 7 N–H and O–H groups in total. The Hall–Kier alpha value is -0.930. The van der Waals surface area contributed by atoms with Gasteiger partial charge < -0.3 is 54.7 Å². The van der Waals surface area contributed by atoms with E-state index in [1.807, 2.05) is 0 Å². The number of carbonyl (C=O) groups is 1. The van der Waals surface area contributed by atoms with Gasteiger partial charge in [-0.2, -0.15) is 0 Å². The second-order valence-corrected chi connectivity index (χ2v) is 7.66. The monoisotopic (exact) mass is 426 g/mol. The fourth-order valence-corrected chi connectivity index (χ4v) is 3.20. The number of carbonyl (C=O) groups excluding carboxylic acids is 1. The van der Waals surface area contributed by atoms with E-state index >= 15 is 0 Å². The molecule has 0 amide bonds. The van der Waals surface area contributed by atoms with Crippen LogP contribution in [0, 0.1) is 5.92 Å². The van der Waals surface area contributed by atoms with Crippen molar-refractivity contribution in [2.45, 2.75) is 75.1 Å². The Morgan fingerprint density at radius 2 is 1.66 bits per heavy atom. The van der Waals surface area contributed by atoms with Crippen LogP contribution in [0.5, 0.6) is 0 Å². The minimum atomic E-state index is -2.19. The van der Waals surface area contributed by atoms with Crippen LogP contribution in [0.3, 0.4) is 0 Å². The van der Waals surface area contributed by atoms with Crippen LogP contribution in [-0.2, 0) is 23.7 Å². The van der Waals surface area contributed by atoms with Crippen molar-refractivity contribution >= 4 is 5.97 Å². The van der Waals surface area contributed by atoms with Gasteiger partial charge in [-0.15, -0.1) is 0 Å². The van der Waals surface area contributed by atoms with Crippen LogP contribution >= 0.6 is 0 Å². The van der Waals surface area contributed by atoms with Crippen molar-refractivity contribution in [2.75, 3.05) is 19.8 Å². The zero-order chi connectivity index (χ0) is 21.9. The third kappa shape index (κ3) is 5.22. The molecule has 0 bridgehead atoms. The van der Waals surface area contributed by atoms with Gasteiger partial charge in [-0.05, 0) is 5.92 Å². The Labute approximate surface area is 167 Å². The summed E-state index contributed by atoms with van der Waals surface area (Å²) in [6.07, 6.45) is -12.2. The van der Waals surface area contributed by atoms with E-state index in [2.05, 4.69) is 0 Å². The minimum absolute atomic E-state index is 0.0000383. The average molecular weight is 426 g/mol. The van der Waals surface area contributed by atoms with Gasteiger partial charge in [-0.1, -0.05) is 13.8 Å². The topological polar surface area (TPSA) is 196 Å². The first-order chi connectivity index (χ1) is 13.6. The van der Waals surface area contributed by atoms with E-state index in [1.54, 1.807) is 13.8 Å². The zero-order valence-electron chi connectivity index (χ0n) is 16.2. The third-order valence-corrected chi connectivity index (χ3v) is 4.86. The first kappa shape index (κ1) is 24.3. The van der Waals surface area contributed by atoms with E-state index in [0.29, 0.717) is 0 Å². The number of hydrogen-bond acceptors (Lipinski definition) is 12. The number of aliphatic hydroxyl groups excluding tert-OH is 7. The molecule has 0 saturated carbocycles. The molecule has 12 heteroatoms. The van der Waals surface area contributed by atoms with Gasteiger partial charge in [-0.3, -0.25) is 4.79 Å². The van der Waals surface area contributed by atoms with Crippen LogP contribution in [-0.4, -0.2) is 116 Å². The van der Waals surface area contributed by atoms with Crippen molar-refractivity contribution < 1.29 is 59.5 Å². The molecule has 0 spiro atoms. The van der Waals surface area contributed by atoms with Gasteiger partial charge in [0, 0.05) is 6.42 Å². The quantitative estimate of drug-likeness (QED) is 0.187. The lowest BCUT2D eigenvalue weighted by Gasteiger charge is -2.39. The Balaban J connectivity index is 2.01. The minimum Gasteiger partial charge on any atom is -0.427 e. The maximum absolute atomic E-state index is 12.0. The summed E-state index contributed by atoms with van der Waals surface area (Å²) < 4.78 is 20.9. The van der Waals surface area contributed by atoms with Crippen molar-refractivity contribution in [3.8, 4) is 0 Å². The summed E-state index contributed by atoms with van der Waals surface area (Å²) in [5.74, 6) is -2.97. The summed E-state index contributed by atoms with van der Waals surface area (Å²) in [5.41, 5.74) is 0. The smallest absolute Gasteiger partial charge is 0.308 e. The number of ether oxygens (including phenoxy) is 4. The van der Waals surface area contributed by atoms with E-state index < -0.39 is 80.6 Å². The first-order valence-electron chi connectivity index (χ1n) is 9.35. The standard InChI is InChI=1S/C17H30O12/c1-7(2)3-10(20)29-17(6-19)15(25)12(22)9(28-17)5-26-16-14(24)13(23)11(21)8(4-18)27-16/h7-9,11-16,18-19,21-25H,3-6H2,1-2H3/t8-,9-,11-,12-,13+,14-,15+,16+,17+/m1/s1. The van der Waals surface area contributed by atoms with Crippen molar-refractivity contribution in [3.05, 3.63) is 0 Å². The van der Waals surface area contributed by atoms with Crippen molar-refractivity contribution in [1.82, 2.24) is 0 Å². The summed E-state index contributed by atoms with van der Waals surface area (Å²) in [7, 11) is 0. The molecule has 2 fully saturated rings. The summed E-state index contributed by atoms with van der Waals surface area (Å²) in [6.45, 7) is 1.47. The van der Waals surface area contributed by atoms with Crippen LogP contribution < -0.4 is 0 Å². The van der Waals surface area contributed by atoms with Crippen LogP contribution in [0.1, 0.15) is 20.3 Å². The lowest BCUT2D eigenvalue weighted by Crippen LogP contribution is -2.59. The predicted octanol–water partition coefficient (Wildman–Crippen LogP) is -3.80. The van der Waals surface area contributed by atoms with Gasteiger partial charge in [-0.25, -0.2) is 0 Å². The number of hydrogen-bond donors (Lipinski definition) is 7. The molecule has 12 nitrogen and oxygen atoms in total. The molecule has 2 rings (SSSR count). The average Bonchev–Trinajstić information content (AvgIpc) is 2.90. The Kier molecular flexibility index (Phi) is 8.32. The molecule has 0 radical (unpaired) electrons. The lowest BCUT2D eigenvalue weighted by molar-refractivity contribution is -0.311. The first-order valence-corrected chi connectivity index (χ1v) is 9.35. The zero-order valence-corrected chi connectivity index (χ0v) is 16.2. The van der Waals surface area contributed by atoms with Gasteiger partial charge in [0.15, 0.2) is 12.4 Å². The molecular weight excluding hydrogens is 396 g/mol. The molecule has 9 atom stereocenters. The normalized spacial score (nSPS) is 43.0. The molecule has 0 aromatic heterocycles. The maximum Gasteiger partial charge on any atom is 0.308 e. The van der Waals surface area contributed by atoms with Gasteiger partial charge >= 0.3 is 5.97 Å². The number of aliphatic hydroxyl groups is 7. The van der Waals surface area contributed by atoms with Crippen LogP contribution in [0.15, 0.2) is 0 Å². The molecule has 0 aromatic rings. The summed E-state index contributed by atoms with van der Waals surface area (Å²) in [5, 5.41) is 68.8. The Morgan fingerprint density at radius 3 is 2.21 bits per heavy atom. The summed E-state index contributed by atoms with van der Waals surface area (Å²) in [6, 6.07) is 0. The number of esters is 1. The van der Waals surface area contributed by atoms with Crippen LogP contribution in [0.4, 0.5) is 0 Å². The molecule has 0 aliphatic carbocycles. The van der Waals surface area contributed by atoms with Crippen molar-refractivity contribution in [1.29, 1.82) is 0 Å². The van der Waals surface area contributed by atoms with E-state index in [4.69, 9.17) is 18.9 Å². The molecule has 170 valence electrons.